The molecule has 0 atom stereocenters. The zero-order chi connectivity index (χ0) is 18.2. The Bertz CT molecular complexity index is 910. The maximum absolute atomic E-state index is 8.87. The number of aliphatic imine (C=N–C) groups is 1. The molecule has 126 valence electrons. The van der Waals surface area contributed by atoms with E-state index in [1.807, 2.05) is 18.3 Å². The molecular weight excluding hydrogens is 306 g/mol. The minimum atomic E-state index is 0.0155. The van der Waals surface area contributed by atoms with Crippen LogP contribution in [0.3, 0.4) is 0 Å². The Balaban J connectivity index is 1.98. The van der Waals surface area contributed by atoms with Gasteiger partial charge in [0.2, 0.25) is 0 Å². The van der Waals surface area contributed by atoms with Gasteiger partial charge in [0.1, 0.15) is 0 Å². The predicted octanol–water partition coefficient (Wildman–Crippen LogP) is 5.25. The van der Waals surface area contributed by atoms with Crippen molar-refractivity contribution >= 4 is 23.2 Å². The maximum atomic E-state index is 8.87. The third-order valence-corrected chi connectivity index (χ3v) is 4.95. The van der Waals surface area contributed by atoms with E-state index in [1.165, 1.54) is 22.4 Å². The van der Waals surface area contributed by atoms with Crippen molar-refractivity contribution in [1.29, 1.82) is 5.26 Å². The first-order valence-corrected chi connectivity index (χ1v) is 8.44. The minimum absolute atomic E-state index is 0.0155. The van der Waals surface area contributed by atoms with E-state index in [0.717, 1.165) is 11.3 Å². The lowest BCUT2D eigenvalue weighted by atomic mass is 9.87. The van der Waals surface area contributed by atoms with Crippen molar-refractivity contribution in [1.82, 2.24) is 0 Å². The molecule has 3 nitrogen and oxygen atoms in total. The van der Waals surface area contributed by atoms with Crippen LogP contribution in [0.25, 0.3) is 5.57 Å². The second kappa shape index (κ2) is 6.22. The van der Waals surface area contributed by atoms with Crippen molar-refractivity contribution in [3.05, 3.63) is 64.7 Å². The van der Waals surface area contributed by atoms with Gasteiger partial charge in [0, 0.05) is 24.5 Å². The number of fused-ring (bicyclic) bond motifs is 1. The van der Waals surface area contributed by atoms with Gasteiger partial charge in [-0.25, -0.2) is 0 Å². The first-order valence-electron chi connectivity index (χ1n) is 8.44. The van der Waals surface area contributed by atoms with Crippen molar-refractivity contribution in [2.75, 3.05) is 11.9 Å². The fraction of sp³-hybridized carbons (Fsp3) is 0.273. The third kappa shape index (κ3) is 3.21. The molecule has 0 saturated heterocycles. The summed E-state index contributed by atoms with van der Waals surface area (Å²) in [7, 11) is 2.14. The Morgan fingerprint density at radius 1 is 1.12 bits per heavy atom. The van der Waals surface area contributed by atoms with Crippen molar-refractivity contribution in [2.24, 2.45) is 4.99 Å². The summed E-state index contributed by atoms with van der Waals surface area (Å²) >= 11 is 0. The summed E-state index contributed by atoms with van der Waals surface area (Å²) in [4.78, 5) is 6.89. The smallest absolute Gasteiger partial charge is 0.0991 e. The fourth-order valence-electron chi connectivity index (χ4n) is 3.22. The minimum Gasteiger partial charge on any atom is -0.365 e. The molecule has 0 aliphatic carbocycles. The molecule has 2 aromatic rings. The molecule has 3 rings (SSSR count). The number of likely N-dealkylation sites (N-methyl/N-ethyl adjacent to an activating group) is 1. The Morgan fingerprint density at radius 3 is 2.44 bits per heavy atom. The van der Waals surface area contributed by atoms with E-state index in [4.69, 9.17) is 5.26 Å². The lowest BCUT2D eigenvalue weighted by molar-refractivity contribution is 0.597. The monoisotopic (exact) mass is 329 g/mol. The van der Waals surface area contributed by atoms with E-state index >= 15 is 0 Å². The summed E-state index contributed by atoms with van der Waals surface area (Å²) < 4.78 is 0. The molecule has 0 radical (unpaired) electrons. The Labute approximate surface area is 149 Å². The highest BCUT2D eigenvalue weighted by atomic mass is 15.2. The average molecular weight is 329 g/mol. The van der Waals surface area contributed by atoms with Crippen LogP contribution in [0.5, 0.6) is 0 Å². The molecular formula is C22H23N3. The predicted molar refractivity (Wildman–Crippen MR) is 106 cm³/mol. The normalized spacial score (nSPS) is 15.7. The van der Waals surface area contributed by atoms with Crippen molar-refractivity contribution < 1.29 is 0 Å². The molecule has 25 heavy (non-hydrogen) atoms. The van der Waals surface area contributed by atoms with E-state index < -0.39 is 0 Å². The van der Waals surface area contributed by atoms with Gasteiger partial charge in [0.15, 0.2) is 0 Å². The van der Waals surface area contributed by atoms with Crippen LogP contribution < -0.4 is 4.90 Å². The van der Waals surface area contributed by atoms with Crippen LogP contribution >= 0.6 is 0 Å². The van der Waals surface area contributed by atoms with E-state index in [-0.39, 0.29) is 5.54 Å². The van der Waals surface area contributed by atoms with E-state index in [1.54, 1.807) is 12.1 Å². The van der Waals surface area contributed by atoms with Crippen LogP contribution in [-0.2, 0) is 0 Å². The largest absolute Gasteiger partial charge is 0.365 e. The number of rotatable bonds is 2. The topological polar surface area (TPSA) is 39.4 Å². The van der Waals surface area contributed by atoms with Gasteiger partial charge in [-0.1, -0.05) is 6.08 Å². The number of benzene rings is 2. The summed E-state index contributed by atoms with van der Waals surface area (Å²) in [5.41, 5.74) is 7.65. The van der Waals surface area contributed by atoms with Gasteiger partial charge < -0.3 is 4.90 Å². The van der Waals surface area contributed by atoms with Gasteiger partial charge in [-0.3, -0.25) is 4.99 Å². The molecule has 0 unspecified atom stereocenters. The summed E-state index contributed by atoms with van der Waals surface area (Å²) in [6.45, 7) is 8.75. The number of nitriles is 1. The Kier molecular flexibility index (Phi) is 4.22. The lowest BCUT2D eigenvalue weighted by Gasteiger charge is -2.41. The first-order chi connectivity index (χ1) is 11.8. The second-order valence-electron chi connectivity index (χ2n) is 7.18. The van der Waals surface area contributed by atoms with Crippen molar-refractivity contribution in [3.63, 3.8) is 0 Å². The van der Waals surface area contributed by atoms with E-state index in [2.05, 4.69) is 68.9 Å². The summed E-state index contributed by atoms with van der Waals surface area (Å²) in [6.07, 6.45) is 4.22. The highest BCUT2D eigenvalue weighted by molar-refractivity contribution is 5.90. The zero-order valence-electron chi connectivity index (χ0n) is 15.5. The second-order valence-corrected chi connectivity index (χ2v) is 7.18. The molecule has 1 aliphatic rings. The van der Waals surface area contributed by atoms with Crippen LogP contribution in [0.1, 0.15) is 43.0 Å². The lowest BCUT2D eigenvalue weighted by Crippen LogP contribution is -2.42. The van der Waals surface area contributed by atoms with E-state index in [0.29, 0.717) is 5.56 Å². The van der Waals surface area contributed by atoms with Crippen LogP contribution in [0.2, 0.25) is 0 Å². The standard InChI is InChI=1S/C22H23N3/c1-15-10-21-20(16(2)12-22(3,4)25(21)5)11-18(15)14-24-19-8-6-17(13-23)7-9-19/h6-12,14H,1-5H3. The molecule has 0 N–H and O–H groups in total. The Morgan fingerprint density at radius 2 is 1.80 bits per heavy atom. The third-order valence-electron chi connectivity index (χ3n) is 4.95. The maximum Gasteiger partial charge on any atom is 0.0991 e. The SMILES string of the molecule is CC1=CC(C)(C)N(C)c2cc(C)c(C=Nc3ccc(C#N)cc3)cc21. The van der Waals surface area contributed by atoms with Crippen LogP contribution in [-0.4, -0.2) is 18.8 Å². The molecule has 2 aromatic carbocycles. The van der Waals surface area contributed by atoms with Gasteiger partial charge in [-0.05, 0) is 80.8 Å². The summed E-state index contributed by atoms with van der Waals surface area (Å²) in [6, 6.07) is 13.9. The molecule has 0 saturated carbocycles. The molecule has 0 spiro atoms. The molecule has 0 amide bonds. The fourth-order valence-corrected chi connectivity index (χ4v) is 3.22. The van der Waals surface area contributed by atoms with Crippen molar-refractivity contribution in [3.8, 4) is 6.07 Å². The number of hydrogen-bond acceptors (Lipinski definition) is 3. The van der Waals surface area contributed by atoms with E-state index in [9.17, 15) is 0 Å². The number of anilines is 1. The quantitative estimate of drug-likeness (QED) is 0.706. The molecule has 1 aliphatic heterocycles. The van der Waals surface area contributed by atoms with Crippen molar-refractivity contribution in [2.45, 2.75) is 33.2 Å². The van der Waals surface area contributed by atoms with Gasteiger partial charge in [-0.2, -0.15) is 5.26 Å². The molecule has 0 aromatic heterocycles. The van der Waals surface area contributed by atoms with Gasteiger partial charge >= 0.3 is 0 Å². The highest BCUT2D eigenvalue weighted by Crippen LogP contribution is 2.39. The highest BCUT2D eigenvalue weighted by Gasteiger charge is 2.28. The number of nitrogens with zero attached hydrogens (tertiary/aromatic N) is 3. The Hall–Kier alpha value is -2.86. The number of hydrogen-bond donors (Lipinski definition) is 0. The summed E-state index contributed by atoms with van der Waals surface area (Å²) in [5, 5.41) is 8.87. The molecule has 3 heteroatoms. The van der Waals surface area contributed by atoms with Gasteiger partial charge in [0.05, 0.1) is 22.9 Å². The van der Waals surface area contributed by atoms with Crippen LogP contribution in [0.4, 0.5) is 11.4 Å². The van der Waals surface area contributed by atoms with Gasteiger partial charge in [-0.15, -0.1) is 0 Å². The van der Waals surface area contributed by atoms with Gasteiger partial charge in [0.25, 0.3) is 0 Å². The zero-order valence-corrected chi connectivity index (χ0v) is 15.5. The van der Waals surface area contributed by atoms with Crippen LogP contribution in [0.15, 0.2) is 47.5 Å². The number of allylic oxidation sites excluding steroid dienone is 1. The number of aryl methyl sites for hydroxylation is 1. The molecule has 1 heterocycles. The molecule has 0 bridgehead atoms. The first kappa shape index (κ1) is 17.0. The van der Waals surface area contributed by atoms with Crippen LogP contribution in [0, 0.1) is 18.3 Å². The molecule has 0 fully saturated rings. The average Bonchev–Trinajstić information content (AvgIpc) is 2.58. The summed E-state index contributed by atoms with van der Waals surface area (Å²) in [5.74, 6) is 0.